The van der Waals surface area contributed by atoms with Crippen molar-refractivity contribution in [3.8, 4) is 5.75 Å². The Morgan fingerprint density at radius 2 is 1.65 bits per heavy atom. The fourth-order valence-electron chi connectivity index (χ4n) is 1.82. The smallest absolute Gasteiger partial charge is 0.211 e. The Balaban J connectivity index is 2.10. The van der Waals surface area contributed by atoms with Crippen LogP contribution in [0.3, 0.4) is 0 Å². The maximum Gasteiger partial charge on any atom is 0.211 e. The van der Waals surface area contributed by atoms with Gasteiger partial charge in [0.25, 0.3) is 0 Å². The average molecular weight is 271 g/mol. The van der Waals surface area contributed by atoms with Crippen molar-refractivity contribution >= 4 is 11.5 Å². The lowest BCUT2D eigenvalue weighted by molar-refractivity contribution is 0.0677. The van der Waals surface area contributed by atoms with Gasteiger partial charge >= 0.3 is 0 Å². The molecule has 0 saturated heterocycles. The molecule has 2 aromatic rings. The van der Waals surface area contributed by atoms with Gasteiger partial charge in [-0.1, -0.05) is 30.3 Å². The highest BCUT2D eigenvalue weighted by atomic mass is 16.5. The quantitative estimate of drug-likeness (QED) is 0.648. The van der Waals surface area contributed by atoms with Crippen LogP contribution in [-0.2, 0) is 4.74 Å². The third-order valence-electron chi connectivity index (χ3n) is 2.92. The van der Waals surface area contributed by atoms with Crippen molar-refractivity contribution in [2.75, 3.05) is 19.5 Å². The second-order valence-electron chi connectivity index (χ2n) is 4.22. The maximum atomic E-state index is 12.3. The third-order valence-corrected chi connectivity index (χ3v) is 2.92. The summed E-state index contributed by atoms with van der Waals surface area (Å²) < 4.78 is 10.3. The molecular formula is C16H17NO3. The number of benzene rings is 2. The molecule has 104 valence electrons. The SMILES string of the molecule is COc1ccc(NC(OC)C(=O)c2ccccc2)cc1. The van der Waals surface area contributed by atoms with Crippen molar-refractivity contribution in [1.29, 1.82) is 0 Å². The van der Waals surface area contributed by atoms with Crippen LogP contribution in [0.1, 0.15) is 10.4 Å². The lowest BCUT2D eigenvalue weighted by atomic mass is 10.1. The Morgan fingerprint density at radius 3 is 2.20 bits per heavy atom. The minimum absolute atomic E-state index is 0.107. The number of carbonyl (C=O) groups excluding carboxylic acids is 1. The van der Waals surface area contributed by atoms with Crippen molar-refractivity contribution in [1.82, 2.24) is 0 Å². The summed E-state index contributed by atoms with van der Waals surface area (Å²) in [6.07, 6.45) is -0.717. The normalized spacial score (nSPS) is 11.7. The van der Waals surface area contributed by atoms with E-state index in [1.54, 1.807) is 19.2 Å². The Hall–Kier alpha value is -2.33. The zero-order valence-corrected chi connectivity index (χ0v) is 11.5. The van der Waals surface area contributed by atoms with Crippen molar-refractivity contribution in [2.24, 2.45) is 0 Å². The predicted molar refractivity (Wildman–Crippen MR) is 78.2 cm³/mol. The van der Waals surface area contributed by atoms with E-state index < -0.39 is 6.23 Å². The molecule has 1 atom stereocenters. The van der Waals surface area contributed by atoms with Crippen LogP contribution in [0.5, 0.6) is 5.75 Å². The fraction of sp³-hybridized carbons (Fsp3) is 0.188. The fourth-order valence-corrected chi connectivity index (χ4v) is 1.82. The molecule has 1 N–H and O–H groups in total. The summed E-state index contributed by atoms with van der Waals surface area (Å²) in [5.74, 6) is 0.655. The Kier molecular flexibility index (Phi) is 4.74. The first-order valence-electron chi connectivity index (χ1n) is 6.27. The van der Waals surface area contributed by atoms with E-state index in [1.165, 1.54) is 7.11 Å². The molecular weight excluding hydrogens is 254 g/mol. The molecule has 0 spiro atoms. The van der Waals surface area contributed by atoms with Gasteiger partial charge in [-0.25, -0.2) is 0 Å². The molecule has 0 aliphatic heterocycles. The van der Waals surface area contributed by atoms with Crippen molar-refractivity contribution < 1.29 is 14.3 Å². The van der Waals surface area contributed by atoms with E-state index >= 15 is 0 Å². The van der Waals surface area contributed by atoms with Gasteiger partial charge in [-0.15, -0.1) is 0 Å². The van der Waals surface area contributed by atoms with Crippen LogP contribution in [-0.4, -0.2) is 26.2 Å². The van der Waals surface area contributed by atoms with Crippen LogP contribution in [0.2, 0.25) is 0 Å². The van der Waals surface area contributed by atoms with E-state index in [-0.39, 0.29) is 5.78 Å². The molecule has 1 unspecified atom stereocenters. The van der Waals surface area contributed by atoms with Crippen molar-refractivity contribution in [3.05, 3.63) is 60.2 Å². The molecule has 0 saturated carbocycles. The highest BCUT2D eigenvalue weighted by Gasteiger charge is 2.18. The molecule has 0 aliphatic rings. The van der Waals surface area contributed by atoms with Crippen molar-refractivity contribution in [2.45, 2.75) is 6.23 Å². The molecule has 2 rings (SSSR count). The van der Waals surface area contributed by atoms with Gasteiger partial charge in [0, 0.05) is 18.4 Å². The summed E-state index contributed by atoms with van der Waals surface area (Å²) in [5, 5.41) is 3.05. The van der Waals surface area contributed by atoms with E-state index in [9.17, 15) is 4.79 Å². The van der Waals surface area contributed by atoms with Crippen LogP contribution in [0.4, 0.5) is 5.69 Å². The first kappa shape index (κ1) is 14.1. The molecule has 0 amide bonds. The summed E-state index contributed by atoms with van der Waals surface area (Å²) in [5.41, 5.74) is 1.40. The summed E-state index contributed by atoms with van der Waals surface area (Å²) >= 11 is 0. The van der Waals surface area contributed by atoms with Crippen LogP contribution in [0.25, 0.3) is 0 Å². The summed E-state index contributed by atoms with van der Waals surface area (Å²) in [4.78, 5) is 12.3. The van der Waals surface area contributed by atoms with Crippen molar-refractivity contribution in [3.63, 3.8) is 0 Å². The van der Waals surface area contributed by atoms with Gasteiger partial charge in [0.15, 0.2) is 6.23 Å². The van der Waals surface area contributed by atoms with Gasteiger partial charge in [-0.3, -0.25) is 4.79 Å². The molecule has 0 radical (unpaired) electrons. The summed E-state index contributed by atoms with van der Waals surface area (Å²) in [7, 11) is 3.11. The molecule has 20 heavy (non-hydrogen) atoms. The number of ketones is 1. The monoisotopic (exact) mass is 271 g/mol. The van der Waals surface area contributed by atoms with Gasteiger partial charge in [-0.05, 0) is 24.3 Å². The molecule has 0 aromatic heterocycles. The zero-order valence-electron chi connectivity index (χ0n) is 11.5. The largest absolute Gasteiger partial charge is 0.497 e. The number of anilines is 1. The topological polar surface area (TPSA) is 47.6 Å². The molecule has 0 fully saturated rings. The van der Waals surface area contributed by atoms with Crippen LogP contribution >= 0.6 is 0 Å². The average Bonchev–Trinajstić information content (AvgIpc) is 2.53. The highest BCUT2D eigenvalue weighted by Crippen LogP contribution is 2.17. The van der Waals surface area contributed by atoms with E-state index in [2.05, 4.69) is 5.32 Å². The number of hydrogen-bond donors (Lipinski definition) is 1. The second kappa shape index (κ2) is 6.73. The number of Topliss-reactive ketones (excluding diaryl/α,β-unsaturated/α-hetero) is 1. The maximum absolute atomic E-state index is 12.3. The summed E-state index contributed by atoms with van der Waals surface area (Å²) in [6.45, 7) is 0. The number of ether oxygens (including phenoxy) is 2. The van der Waals surface area contributed by atoms with Gasteiger partial charge in [-0.2, -0.15) is 0 Å². The molecule has 4 heteroatoms. The van der Waals surface area contributed by atoms with E-state index in [1.807, 2.05) is 42.5 Å². The minimum Gasteiger partial charge on any atom is -0.497 e. The van der Waals surface area contributed by atoms with E-state index in [0.29, 0.717) is 5.56 Å². The minimum atomic E-state index is -0.717. The van der Waals surface area contributed by atoms with Crippen LogP contribution < -0.4 is 10.1 Å². The number of hydrogen-bond acceptors (Lipinski definition) is 4. The third kappa shape index (κ3) is 3.36. The second-order valence-corrected chi connectivity index (χ2v) is 4.22. The number of nitrogens with one attached hydrogen (secondary N) is 1. The molecule has 2 aromatic carbocycles. The van der Waals surface area contributed by atoms with Gasteiger partial charge in [0.1, 0.15) is 5.75 Å². The molecule has 0 bridgehead atoms. The lowest BCUT2D eigenvalue weighted by Crippen LogP contribution is -2.31. The zero-order chi connectivity index (χ0) is 14.4. The molecule has 0 heterocycles. The predicted octanol–water partition coefficient (Wildman–Crippen LogP) is 2.96. The Labute approximate surface area is 118 Å². The van der Waals surface area contributed by atoms with Gasteiger partial charge in [0.2, 0.25) is 5.78 Å². The van der Waals surface area contributed by atoms with Crippen LogP contribution in [0.15, 0.2) is 54.6 Å². The standard InChI is InChI=1S/C16H17NO3/c1-19-14-10-8-13(9-11-14)17-16(20-2)15(18)12-6-4-3-5-7-12/h3-11,16-17H,1-2H3. The van der Waals surface area contributed by atoms with E-state index in [4.69, 9.17) is 9.47 Å². The first-order valence-corrected chi connectivity index (χ1v) is 6.27. The number of methoxy groups -OCH3 is 2. The van der Waals surface area contributed by atoms with Crippen LogP contribution in [0, 0.1) is 0 Å². The highest BCUT2D eigenvalue weighted by molar-refractivity contribution is 6.00. The first-order chi connectivity index (χ1) is 9.74. The number of carbonyl (C=O) groups is 1. The van der Waals surface area contributed by atoms with Gasteiger partial charge < -0.3 is 14.8 Å². The van der Waals surface area contributed by atoms with Gasteiger partial charge in [0.05, 0.1) is 7.11 Å². The molecule has 0 aliphatic carbocycles. The van der Waals surface area contributed by atoms with E-state index in [0.717, 1.165) is 11.4 Å². The summed E-state index contributed by atoms with van der Waals surface area (Å²) in [6, 6.07) is 16.4. The Morgan fingerprint density at radius 1 is 1.00 bits per heavy atom. The lowest BCUT2D eigenvalue weighted by Gasteiger charge is -2.17. The number of rotatable bonds is 6. The molecule has 4 nitrogen and oxygen atoms in total. The Bertz CT molecular complexity index is 552.